The Morgan fingerprint density at radius 2 is 1.80 bits per heavy atom. The van der Waals surface area contributed by atoms with Gasteiger partial charge in [0.05, 0.1) is 32.0 Å². The summed E-state index contributed by atoms with van der Waals surface area (Å²) in [5, 5.41) is 15.5. The van der Waals surface area contributed by atoms with Gasteiger partial charge in [-0.1, -0.05) is 43.3 Å². The smallest absolute Gasteiger partial charge is 0.222 e. The van der Waals surface area contributed by atoms with Crippen molar-refractivity contribution in [3.63, 3.8) is 0 Å². The molecule has 35 heavy (non-hydrogen) atoms. The van der Waals surface area contributed by atoms with Crippen LogP contribution < -0.4 is 9.47 Å². The first-order valence-corrected chi connectivity index (χ1v) is 12.0. The van der Waals surface area contributed by atoms with Crippen molar-refractivity contribution in [2.24, 2.45) is 7.05 Å². The van der Waals surface area contributed by atoms with E-state index in [1.54, 1.807) is 17.9 Å². The molecular formula is C28H37N3O4. The molecule has 1 heterocycles. The number of hydrogen-bond donors (Lipinski definition) is 1. The fraction of sp³-hybridized carbons (Fsp3) is 0.393. The Bertz CT molecular complexity index is 1050. The molecule has 0 spiro atoms. The van der Waals surface area contributed by atoms with Crippen molar-refractivity contribution in [2.75, 3.05) is 26.9 Å². The van der Waals surface area contributed by atoms with Crippen LogP contribution in [0.1, 0.15) is 25.8 Å². The fourth-order valence-corrected chi connectivity index (χ4v) is 3.88. The molecule has 0 aliphatic heterocycles. The van der Waals surface area contributed by atoms with Crippen LogP contribution in [0.5, 0.6) is 17.4 Å². The van der Waals surface area contributed by atoms with Crippen molar-refractivity contribution < 1.29 is 19.3 Å². The minimum Gasteiger partial charge on any atom is -0.497 e. The number of ether oxygens (including phenoxy) is 3. The lowest BCUT2D eigenvalue weighted by atomic mass is 10.1. The van der Waals surface area contributed by atoms with Crippen molar-refractivity contribution >= 4 is 0 Å². The van der Waals surface area contributed by atoms with Crippen LogP contribution in [0.2, 0.25) is 0 Å². The number of aromatic nitrogens is 2. The van der Waals surface area contributed by atoms with E-state index in [0.717, 1.165) is 29.0 Å². The highest BCUT2D eigenvalue weighted by atomic mass is 16.5. The highest BCUT2D eigenvalue weighted by Gasteiger charge is 2.25. The predicted octanol–water partition coefficient (Wildman–Crippen LogP) is 5.05. The molecule has 0 bridgehead atoms. The van der Waals surface area contributed by atoms with Crippen LogP contribution in [-0.4, -0.2) is 58.8 Å². The summed E-state index contributed by atoms with van der Waals surface area (Å²) in [5.74, 6) is 2.13. The fourth-order valence-electron chi connectivity index (χ4n) is 3.88. The van der Waals surface area contributed by atoms with Crippen molar-refractivity contribution in [1.82, 2.24) is 14.7 Å². The van der Waals surface area contributed by atoms with E-state index < -0.39 is 6.10 Å². The lowest BCUT2D eigenvalue weighted by molar-refractivity contribution is 0.0156. The van der Waals surface area contributed by atoms with E-state index in [2.05, 4.69) is 37.5 Å². The van der Waals surface area contributed by atoms with Crippen molar-refractivity contribution in [1.29, 1.82) is 0 Å². The van der Waals surface area contributed by atoms with Gasteiger partial charge in [-0.3, -0.25) is 4.90 Å². The zero-order valence-corrected chi connectivity index (χ0v) is 21.2. The number of aryl methyl sites for hydroxylation is 1. The summed E-state index contributed by atoms with van der Waals surface area (Å²) in [7, 11) is 3.53. The predicted molar refractivity (Wildman–Crippen MR) is 139 cm³/mol. The number of aliphatic hydroxyl groups is 1. The third kappa shape index (κ3) is 7.18. The first-order chi connectivity index (χ1) is 17.0. The topological polar surface area (TPSA) is 69.0 Å². The van der Waals surface area contributed by atoms with Gasteiger partial charge in [-0.05, 0) is 37.6 Å². The maximum atomic E-state index is 10.6. The number of rotatable bonds is 14. The average Bonchev–Trinajstić information content (AvgIpc) is 3.18. The Morgan fingerprint density at radius 1 is 1.11 bits per heavy atom. The molecule has 3 rings (SSSR count). The summed E-state index contributed by atoms with van der Waals surface area (Å²) < 4.78 is 18.9. The van der Waals surface area contributed by atoms with Crippen LogP contribution in [-0.2, 0) is 18.3 Å². The van der Waals surface area contributed by atoms with Crippen LogP contribution in [0.4, 0.5) is 0 Å². The van der Waals surface area contributed by atoms with Gasteiger partial charge in [0.2, 0.25) is 5.88 Å². The number of aliphatic hydroxyl groups excluding tert-OH is 1. The van der Waals surface area contributed by atoms with Gasteiger partial charge in [0.1, 0.15) is 17.2 Å². The Kier molecular flexibility index (Phi) is 9.90. The molecule has 0 amide bonds. The van der Waals surface area contributed by atoms with E-state index in [4.69, 9.17) is 19.3 Å². The van der Waals surface area contributed by atoms with Crippen LogP contribution in [0, 0.1) is 0 Å². The van der Waals surface area contributed by atoms with Gasteiger partial charge >= 0.3 is 0 Å². The van der Waals surface area contributed by atoms with Gasteiger partial charge in [0, 0.05) is 31.7 Å². The molecule has 0 radical (unpaired) electrons. The summed E-state index contributed by atoms with van der Waals surface area (Å²) in [6.45, 7) is 9.69. The van der Waals surface area contributed by atoms with E-state index in [-0.39, 0.29) is 12.6 Å². The molecule has 2 aromatic carbocycles. The molecule has 0 aliphatic carbocycles. The zero-order chi connectivity index (χ0) is 25.2. The van der Waals surface area contributed by atoms with Gasteiger partial charge in [0.15, 0.2) is 0 Å². The van der Waals surface area contributed by atoms with Crippen LogP contribution >= 0.6 is 0 Å². The van der Waals surface area contributed by atoms with Gasteiger partial charge in [-0.25, -0.2) is 4.68 Å². The molecule has 3 aromatic rings. The van der Waals surface area contributed by atoms with E-state index in [1.165, 1.54) is 0 Å². The second-order valence-corrected chi connectivity index (χ2v) is 8.57. The summed E-state index contributed by atoms with van der Waals surface area (Å²) in [4.78, 5) is 2.26. The van der Waals surface area contributed by atoms with Crippen LogP contribution in [0.25, 0.3) is 11.3 Å². The molecule has 188 valence electrons. The first kappa shape index (κ1) is 26.5. The molecule has 1 aromatic heterocycles. The minimum absolute atomic E-state index is 0.238. The van der Waals surface area contributed by atoms with E-state index in [0.29, 0.717) is 31.3 Å². The number of methoxy groups -OCH3 is 1. The maximum Gasteiger partial charge on any atom is 0.222 e. The first-order valence-electron chi connectivity index (χ1n) is 12.0. The third-order valence-corrected chi connectivity index (χ3v) is 5.98. The highest BCUT2D eigenvalue weighted by Crippen LogP contribution is 2.35. The van der Waals surface area contributed by atoms with Crippen LogP contribution in [0.15, 0.2) is 67.3 Å². The monoisotopic (exact) mass is 479 g/mol. The molecule has 1 N–H and O–H groups in total. The molecule has 7 heteroatoms. The SMILES string of the molecule is C=CCOC[C@@H](O)CN(Cc1c(-c2ccccc2)nn(C)c1Oc1ccc(OC)cc1)[C@@H](C)CC. The van der Waals surface area contributed by atoms with Crippen LogP contribution in [0.3, 0.4) is 0 Å². The summed E-state index contributed by atoms with van der Waals surface area (Å²) >= 11 is 0. The summed E-state index contributed by atoms with van der Waals surface area (Å²) in [6.07, 6.45) is 2.01. The second-order valence-electron chi connectivity index (χ2n) is 8.57. The van der Waals surface area contributed by atoms with E-state index >= 15 is 0 Å². The molecule has 0 aliphatic rings. The lowest BCUT2D eigenvalue weighted by Crippen LogP contribution is -2.40. The molecule has 0 saturated carbocycles. The minimum atomic E-state index is -0.619. The Hall–Kier alpha value is -3.13. The maximum absolute atomic E-state index is 10.6. The number of nitrogens with zero attached hydrogens (tertiary/aromatic N) is 3. The normalized spacial score (nSPS) is 13.0. The molecule has 7 nitrogen and oxygen atoms in total. The molecule has 2 atom stereocenters. The lowest BCUT2D eigenvalue weighted by Gasteiger charge is -2.30. The van der Waals surface area contributed by atoms with Crippen molar-refractivity contribution in [2.45, 2.75) is 39.0 Å². The van der Waals surface area contributed by atoms with E-state index in [9.17, 15) is 5.11 Å². The Labute approximate surface area is 208 Å². The Balaban J connectivity index is 1.96. The van der Waals surface area contributed by atoms with Gasteiger partial charge in [-0.2, -0.15) is 5.10 Å². The number of benzene rings is 2. The van der Waals surface area contributed by atoms with Gasteiger partial charge in [0.25, 0.3) is 0 Å². The second kappa shape index (κ2) is 13.1. The molecule has 0 unspecified atom stereocenters. The van der Waals surface area contributed by atoms with Crippen molar-refractivity contribution in [3.8, 4) is 28.6 Å². The third-order valence-electron chi connectivity index (χ3n) is 5.98. The molecule has 0 saturated heterocycles. The van der Waals surface area contributed by atoms with Gasteiger partial charge in [-0.15, -0.1) is 6.58 Å². The number of hydrogen-bond acceptors (Lipinski definition) is 6. The average molecular weight is 480 g/mol. The largest absolute Gasteiger partial charge is 0.497 e. The molecular weight excluding hydrogens is 442 g/mol. The Morgan fingerprint density at radius 3 is 2.43 bits per heavy atom. The summed E-state index contributed by atoms with van der Waals surface area (Å²) in [6, 6.07) is 17.8. The van der Waals surface area contributed by atoms with E-state index in [1.807, 2.05) is 49.5 Å². The van der Waals surface area contributed by atoms with Crippen molar-refractivity contribution in [3.05, 3.63) is 72.8 Å². The summed E-state index contributed by atoms with van der Waals surface area (Å²) in [5.41, 5.74) is 2.85. The quantitative estimate of drug-likeness (QED) is 0.258. The standard InChI is InChI=1S/C28H37N3O4/c1-6-17-34-20-23(32)18-31(21(3)7-2)19-26-27(22-11-9-8-10-12-22)29-30(4)28(26)35-25-15-13-24(33-5)14-16-25/h6,8-16,21,23,32H,1,7,17-20H2,2-5H3/t21-,23-/m0/s1. The highest BCUT2D eigenvalue weighted by molar-refractivity contribution is 5.65. The zero-order valence-electron chi connectivity index (χ0n) is 21.2. The molecule has 0 fully saturated rings. The van der Waals surface area contributed by atoms with Gasteiger partial charge < -0.3 is 19.3 Å².